The minimum Gasteiger partial charge on any atom is -0.310 e. The fourth-order valence-electron chi connectivity index (χ4n) is 1.40. The van der Waals surface area contributed by atoms with Crippen LogP contribution < -0.4 is 5.32 Å². The fourth-order valence-corrected chi connectivity index (χ4v) is 1.95. The molecule has 0 bridgehead atoms. The number of alkyl halides is 1. The van der Waals surface area contributed by atoms with Gasteiger partial charge in [-0.2, -0.15) is 0 Å². The quantitative estimate of drug-likeness (QED) is 0.807. The Labute approximate surface area is 98.4 Å². The first-order valence-electron chi connectivity index (χ1n) is 5.15. The number of aromatic nitrogens is 1. The Morgan fingerprint density at radius 3 is 2.93 bits per heavy atom. The minimum absolute atomic E-state index is 0.275. The largest absolute Gasteiger partial charge is 0.310 e. The van der Waals surface area contributed by atoms with Gasteiger partial charge < -0.3 is 5.32 Å². The first kappa shape index (κ1) is 12.6. The van der Waals surface area contributed by atoms with Crippen LogP contribution in [0.4, 0.5) is 4.39 Å². The van der Waals surface area contributed by atoms with Crippen molar-refractivity contribution in [3.63, 3.8) is 0 Å². The van der Waals surface area contributed by atoms with Crippen LogP contribution in [0.3, 0.4) is 0 Å². The highest BCUT2D eigenvalue weighted by Gasteiger charge is 2.04. The highest BCUT2D eigenvalue weighted by atomic mass is 79.9. The third-order valence-electron chi connectivity index (χ3n) is 2.31. The zero-order chi connectivity index (χ0) is 11.1. The summed E-state index contributed by atoms with van der Waals surface area (Å²) in [5, 5.41) is 4.36. The molecule has 0 saturated carbocycles. The summed E-state index contributed by atoms with van der Waals surface area (Å²) in [5.41, 5.74) is 0.892. The van der Waals surface area contributed by atoms with E-state index in [0.717, 1.165) is 23.7 Å². The molecule has 1 N–H and O–H groups in total. The maximum atomic E-state index is 12.8. The van der Waals surface area contributed by atoms with Crippen molar-refractivity contribution in [2.24, 2.45) is 0 Å². The lowest BCUT2D eigenvalue weighted by atomic mass is 10.1. The second kappa shape index (κ2) is 6.90. The van der Waals surface area contributed by atoms with Crippen LogP contribution in [0.1, 0.15) is 25.3 Å². The van der Waals surface area contributed by atoms with E-state index in [1.54, 1.807) is 6.20 Å². The van der Waals surface area contributed by atoms with E-state index in [4.69, 9.17) is 0 Å². The highest BCUT2D eigenvalue weighted by Crippen LogP contribution is 2.04. The molecule has 0 saturated heterocycles. The smallest absolute Gasteiger partial charge is 0.141 e. The fraction of sp³-hybridized carbons (Fsp3) is 0.545. The predicted molar refractivity (Wildman–Crippen MR) is 63.5 cm³/mol. The van der Waals surface area contributed by atoms with Crippen LogP contribution in [0.25, 0.3) is 0 Å². The van der Waals surface area contributed by atoms with E-state index >= 15 is 0 Å². The molecule has 1 heterocycles. The monoisotopic (exact) mass is 274 g/mol. The molecule has 2 nitrogen and oxygen atoms in total. The van der Waals surface area contributed by atoms with Gasteiger partial charge in [0.15, 0.2) is 0 Å². The molecule has 0 aromatic carbocycles. The Balaban J connectivity index is 2.41. The van der Waals surface area contributed by atoms with Gasteiger partial charge in [-0.25, -0.2) is 4.39 Å². The number of nitrogens with one attached hydrogen (secondary N) is 1. The molecule has 0 fully saturated rings. The number of hydrogen-bond donors (Lipinski definition) is 1. The van der Waals surface area contributed by atoms with Crippen LogP contribution in [0.5, 0.6) is 0 Å². The number of rotatable bonds is 6. The van der Waals surface area contributed by atoms with Crippen molar-refractivity contribution in [2.45, 2.75) is 32.4 Å². The number of hydrogen-bond acceptors (Lipinski definition) is 2. The topological polar surface area (TPSA) is 24.9 Å². The normalized spacial score (nSPS) is 12.7. The van der Waals surface area contributed by atoms with E-state index in [-0.39, 0.29) is 5.82 Å². The summed E-state index contributed by atoms with van der Waals surface area (Å²) in [6, 6.07) is 1.99. The zero-order valence-corrected chi connectivity index (χ0v) is 10.4. The van der Waals surface area contributed by atoms with Crippen LogP contribution in [0, 0.1) is 5.82 Å². The second-order valence-electron chi connectivity index (χ2n) is 3.48. The van der Waals surface area contributed by atoms with Crippen LogP contribution in [0.2, 0.25) is 0 Å². The Hall–Kier alpha value is -0.480. The van der Waals surface area contributed by atoms with Crippen LogP contribution in [-0.4, -0.2) is 16.4 Å². The predicted octanol–water partition coefficient (Wildman–Crippen LogP) is 2.87. The summed E-state index contributed by atoms with van der Waals surface area (Å²) in [6.07, 6.45) is 5.07. The number of nitrogens with zero attached hydrogens (tertiary/aromatic N) is 1. The van der Waals surface area contributed by atoms with Gasteiger partial charge in [0, 0.05) is 24.1 Å². The van der Waals surface area contributed by atoms with Gasteiger partial charge in [0.1, 0.15) is 5.82 Å². The van der Waals surface area contributed by atoms with Crippen molar-refractivity contribution in [1.82, 2.24) is 10.3 Å². The molecule has 0 aliphatic heterocycles. The summed E-state index contributed by atoms with van der Waals surface area (Å²) in [4.78, 5) is 3.81. The highest BCUT2D eigenvalue weighted by molar-refractivity contribution is 9.09. The molecule has 84 valence electrons. The summed E-state index contributed by atoms with van der Waals surface area (Å²) in [6.45, 7) is 2.82. The van der Waals surface area contributed by atoms with E-state index in [9.17, 15) is 4.39 Å². The van der Waals surface area contributed by atoms with Gasteiger partial charge in [0.25, 0.3) is 0 Å². The second-order valence-corrected chi connectivity index (χ2v) is 4.27. The zero-order valence-electron chi connectivity index (χ0n) is 8.84. The molecule has 0 aliphatic carbocycles. The van der Waals surface area contributed by atoms with E-state index in [1.807, 2.05) is 0 Å². The van der Waals surface area contributed by atoms with Crippen molar-refractivity contribution in [3.8, 4) is 0 Å². The van der Waals surface area contributed by atoms with E-state index in [2.05, 4.69) is 33.2 Å². The Bertz CT molecular complexity index is 294. The number of pyridine rings is 1. The Morgan fingerprint density at radius 2 is 2.33 bits per heavy atom. The molecule has 0 radical (unpaired) electrons. The molecule has 15 heavy (non-hydrogen) atoms. The summed E-state index contributed by atoms with van der Waals surface area (Å²) in [5.74, 6) is -0.275. The first-order valence-corrected chi connectivity index (χ1v) is 6.27. The van der Waals surface area contributed by atoms with Gasteiger partial charge in [-0.05, 0) is 24.5 Å². The van der Waals surface area contributed by atoms with E-state index in [0.29, 0.717) is 12.6 Å². The summed E-state index contributed by atoms with van der Waals surface area (Å²) in [7, 11) is 0. The van der Waals surface area contributed by atoms with E-state index < -0.39 is 0 Å². The Morgan fingerprint density at radius 1 is 1.53 bits per heavy atom. The van der Waals surface area contributed by atoms with Gasteiger partial charge >= 0.3 is 0 Å². The molecule has 1 aromatic rings. The molecule has 0 spiro atoms. The number of halogens is 2. The maximum absolute atomic E-state index is 12.8. The van der Waals surface area contributed by atoms with Gasteiger partial charge in [-0.1, -0.05) is 22.9 Å². The molecule has 4 heteroatoms. The minimum atomic E-state index is -0.275. The van der Waals surface area contributed by atoms with Crippen LogP contribution in [0.15, 0.2) is 18.5 Å². The summed E-state index contributed by atoms with van der Waals surface area (Å²) < 4.78 is 12.8. The van der Waals surface area contributed by atoms with Gasteiger partial charge in [0.2, 0.25) is 0 Å². The SMILES string of the molecule is CCC(CCBr)NCc1cncc(F)c1. The lowest BCUT2D eigenvalue weighted by molar-refractivity contribution is 0.486. The van der Waals surface area contributed by atoms with E-state index in [1.165, 1.54) is 12.3 Å². The van der Waals surface area contributed by atoms with Crippen LogP contribution in [-0.2, 0) is 6.54 Å². The molecular weight excluding hydrogens is 259 g/mol. The molecule has 1 aromatic heterocycles. The molecule has 1 atom stereocenters. The van der Waals surface area contributed by atoms with Crippen molar-refractivity contribution in [3.05, 3.63) is 29.8 Å². The van der Waals surface area contributed by atoms with Crippen LogP contribution >= 0.6 is 15.9 Å². The van der Waals surface area contributed by atoms with Gasteiger partial charge in [0.05, 0.1) is 6.20 Å². The molecular formula is C11H16BrFN2. The molecule has 0 aliphatic rings. The molecule has 1 unspecified atom stereocenters. The summed E-state index contributed by atoms with van der Waals surface area (Å²) >= 11 is 3.42. The molecule has 1 rings (SSSR count). The van der Waals surface area contributed by atoms with Gasteiger partial charge in [-0.3, -0.25) is 4.98 Å². The average Bonchev–Trinajstić information content (AvgIpc) is 2.24. The first-order chi connectivity index (χ1) is 7.26. The average molecular weight is 275 g/mol. The third-order valence-corrected chi connectivity index (χ3v) is 2.76. The van der Waals surface area contributed by atoms with Crippen molar-refractivity contribution < 1.29 is 4.39 Å². The van der Waals surface area contributed by atoms with Crippen molar-refractivity contribution in [2.75, 3.05) is 5.33 Å². The van der Waals surface area contributed by atoms with Gasteiger partial charge in [-0.15, -0.1) is 0 Å². The lowest BCUT2D eigenvalue weighted by Crippen LogP contribution is -2.28. The third kappa shape index (κ3) is 4.71. The van der Waals surface area contributed by atoms with Crippen molar-refractivity contribution >= 4 is 15.9 Å². The Kier molecular flexibility index (Phi) is 5.79. The molecule has 0 amide bonds. The maximum Gasteiger partial charge on any atom is 0.141 e. The van der Waals surface area contributed by atoms with Crippen molar-refractivity contribution in [1.29, 1.82) is 0 Å². The standard InChI is InChI=1S/C11H16BrFN2/c1-2-11(3-4-12)15-7-9-5-10(13)8-14-6-9/h5-6,8,11,15H,2-4,7H2,1H3. The lowest BCUT2D eigenvalue weighted by Gasteiger charge is -2.15.